The van der Waals surface area contributed by atoms with Crippen molar-refractivity contribution in [3.05, 3.63) is 23.0 Å². The highest BCUT2D eigenvalue weighted by molar-refractivity contribution is 8.02. The lowest BCUT2D eigenvalue weighted by molar-refractivity contribution is -0.167. The number of esters is 3. The lowest BCUT2D eigenvalue weighted by Crippen LogP contribution is -2.61. The third-order valence-electron chi connectivity index (χ3n) is 6.86. The molecule has 9 heteroatoms. The first-order valence-electron chi connectivity index (χ1n) is 12.1. The van der Waals surface area contributed by atoms with E-state index in [4.69, 9.17) is 23.7 Å². The molecule has 2 aliphatic heterocycles. The van der Waals surface area contributed by atoms with Gasteiger partial charge in [0, 0.05) is 24.7 Å². The molecule has 8 nitrogen and oxygen atoms in total. The molecule has 0 radical (unpaired) electrons. The highest BCUT2D eigenvalue weighted by atomic mass is 32.2. The Kier molecular flexibility index (Phi) is 8.73. The molecule has 34 heavy (non-hydrogen) atoms. The summed E-state index contributed by atoms with van der Waals surface area (Å²) in [5, 5.41) is 0. The lowest BCUT2D eigenvalue weighted by Gasteiger charge is -2.52. The van der Waals surface area contributed by atoms with Gasteiger partial charge in [0.25, 0.3) is 0 Å². The number of hydrogen-bond acceptors (Lipinski definition) is 9. The fourth-order valence-electron chi connectivity index (χ4n) is 5.47. The molecule has 2 heterocycles. The Bertz CT molecular complexity index is 845. The van der Waals surface area contributed by atoms with Crippen LogP contribution in [0.2, 0.25) is 0 Å². The summed E-state index contributed by atoms with van der Waals surface area (Å²) >= 11 is 1.18. The van der Waals surface area contributed by atoms with Gasteiger partial charge in [0.05, 0.1) is 32.0 Å². The Morgan fingerprint density at radius 2 is 1.65 bits per heavy atom. The molecule has 5 atom stereocenters. The van der Waals surface area contributed by atoms with Gasteiger partial charge in [-0.25, -0.2) is 9.59 Å². The average molecular weight is 497 g/mol. The number of carbonyl (C=O) groups is 3. The van der Waals surface area contributed by atoms with E-state index >= 15 is 0 Å². The molecule has 0 aromatic heterocycles. The maximum atomic E-state index is 13.5. The Morgan fingerprint density at radius 1 is 1.03 bits per heavy atom. The zero-order valence-electron chi connectivity index (χ0n) is 20.9. The van der Waals surface area contributed by atoms with Crippen LogP contribution in [0.15, 0.2) is 23.0 Å². The second kappa shape index (κ2) is 11.2. The van der Waals surface area contributed by atoms with Crippen LogP contribution in [-0.4, -0.2) is 61.1 Å². The van der Waals surface area contributed by atoms with E-state index in [1.807, 2.05) is 20.8 Å². The third-order valence-corrected chi connectivity index (χ3v) is 8.48. The second-order valence-corrected chi connectivity index (χ2v) is 9.93. The van der Waals surface area contributed by atoms with Gasteiger partial charge in [-0.3, -0.25) is 4.79 Å². The Labute approximate surface area is 205 Å². The molecule has 0 unspecified atom stereocenters. The predicted molar refractivity (Wildman–Crippen MR) is 127 cm³/mol. The molecule has 0 saturated heterocycles. The summed E-state index contributed by atoms with van der Waals surface area (Å²) in [4.78, 5) is 40.5. The molecule has 0 amide bonds. The zero-order valence-corrected chi connectivity index (χ0v) is 21.7. The fourth-order valence-corrected chi connectivity index (χ4v) is 6.87. The van der Waals surface area contributed by atoms with Crippen LogP contribution < -0.4 is 0 Å². The van der Waals surface area contributed by atoms with Crippen molar-refractivity contribution >= 4 is 29.7 Å². The van der Waals surface area contributed by atoms with Crippen molar-refractivity contribution < 1.29 is 38.1 Å². The quantitative estimate of drug-likeness (QED) is 0.283. The van der Waals surface area contributed by atoms with E-state index in [1.165, 1.54) is 11.8 Å². The number of allylic oxidation sites excluding steroid dienone is 2. The molecule has 0 bridgehead atoms. The van der Waals surface area contributed by atoms with Crippen LogP contribution in [-0.2, 0) is 38.1 Å². The molecule has 1 aliphatic carbocycles. The second-order valence-electron chi connectivity index (χ2n) is 8.71. The minimum Gasteiger partial charge on any atom is -0.472 e. The van der Waals surface area contributed by atoms with Crippen LogP contribution in [0.25, 0.3) is 0 Å². The Hall–Kier alpha value is -2.00. The standard InChI is InChI=1S/C25H36O8S/c1-7-29-18-11-16-15(6)20(22(26)30-8-2)21-19(17(16)12-33-18)14(5)13-34-25(21,23(27)31-9-3)24(28)32-10-4/h12,15-16,18,20-21H,7-11,13H2,1-6H3/t15-,16-,18+,20-,21-/m0/s1. The smallest absolute Gasteiger partial charge is 0.334 e. The molecule has 0 aromatic rings. The van der Waals surface area contributed by atoms with E-state index < -0.39 is 40.8 Å². The van der Waals surface area contributed by atoms with Gasteiger partial charge >= 0.3 is 17.9 Å². The van der Waals surface area contributed by atoms with Gasteiger partial charge in [0.1, 0.15) is 0 Å². The van der Waals surface area contributed by atoms with Gasteiger partial charge in [-0.15, -0.1) is 11.8 Å². The maximum Gasteiger partial charge on any atom is 0.334 e. The van der Waals surface area contributed by atoms with E-state index in [-0.39, 0.29) is 31.7 Å². The third kappa shape index (κ3) is 4.49. The number of fused-ring (bicyclic) bond motifs is 3. The van der Waals surface area contributed by atoms with Crippen LogP contribution in [0.3, 0.4) is 0 Å². The number of thioether (sulfide) groups is 1. The van der Waals surface area contributed by atoms with Gasteiger partial charge in [-0.1, -0.05) is 12.5 Å². The molecule has 0 aromatic carbocycles. The topological polar surface area (TPSA) is 97.4 Å². The number of carbonyl (C=O) groups excluding carboxylic acids is 3. The summed E-state index contributed by atoms with van der Waals surface area (Å²) in [7, 11) is 0. The van der Waals surface area contributed by atoms with Crippen molar-refractivity contribution in [2.24, 2.45) is 23.7 Å². The molecule has 190 valence electrons. The molecule has 0 spiro atoms. The monoisotopic (exact) mass is 496 g/mol. The van der Waals surface area contributed by atoms with Crippen molar-refractivity contribution in [3.63, 3.8) is 0 Å². The summed E-state index contributed by atoms with van der Waals surface area (Å²) in [5.41, 5.74) is 2.70. The first-order chi connectivity index (χ1) is 16.3. The Morgan fingerprint density at radius 3 is 2.21 bits per heavy atom. The van der Waals surface area contributed by atoms with Crippen LogP contribution in [0.5, 0.6) is 0 Å². The molecular weight excluding hydrogens is 460 g/mol. The van der Waals surface area contributed by atoms with Crippen LogP contribution in [0.4, 0.5) is 0 Å². The molecule has 1 fully saturated rings. The van der Waals surface area contributed by atoms with E-state index in [0.717, 1.165) is 16.7 Å². The first-order valence-corrected chi connectivity index (χ1v) is 13.1. The summed E-state index contributed by atoms with van der Waals surface area (Å²) in [6.07, 6.45) is 1.84. The molecular formula is C25H36O8S. The largest absolute Gasteiger partial charge is 0.472 e. The van der Waals surface area contributed by atoms with Crippen LogP contribution in [0, 0.1) is 23.7 Å². The molecule has 3 rings (SSSR count). The average Bonchev–Trinajstić information content (AvgIpc) is 2.80. The fraction of sp³-hybridized carbons (Fsp3) is 0.720. The first kappa shape index (κ1) is 26.6. The molecule has 0 N–H and O–H groups in total. The zero-order chi connectivity index (χ0) is 25.0. The normalized spacial score (nSPS) is 29.7. The van der Waals surface area contributed by atoms with E-state index in [2.05, 4.69) is 0 Å². The van der Waals surface area contributed by atoms with Crippen LogP contribution >= 0.6 is 11.8 Å². The minimum absolute atomic E-state index is 0.0499. The summed E-state index contributed by atoms with van der Waals surface area (Å²) in [5.74, 6) is -3.19. The maximum absolute atomic E-state index is 13.5. The van der Waals surface area contributed by atoms with Gasteiger partial charge in [-0.05, 0) is 57.6 Å². The van der Waals surface area contributed by atoms with E-state index in [9.17, 15) is 14.4 Å². The van der Waals surface area contributed by atoms with E-state index in [0.29, 0.717) is 18.8 Å². The summed E-state index contributed by atoms with van der Waals surface area (Å²) < 4.78 is 26.3. The Balaban J connectivity index is 2.24. The lowest BCUT2D eigenvalue weighted by atomic mass is 9.57. The van der Waals surface area contributed by atoms with Crippen molar-refractivity contribution in [2.45, 2.75) is 59.0 Å². The summed E-state index contributed by atoms with van der Waals surface area (Å²) in [6, 6.07) is 0. The predicted octanol–water partition coefficient (Wildman–Crippen LogP) is 3.64. The van der Waals surface area contributed by atoms with Crippen molar-refractivity contribution in [2.75, 3.05) is 32.2 Å². The van der Waals surface area contributed by atoms with Crippen LogP contribution in [0.1, 0.15) is 48.0 Å². The van der Waals surface area contributed by atoms with Gasteiger partial charge in [0.15, 0.2) is 6.29 Å². The minimum atomic E-state index is -1.71. The van der Waals surface area contributed by atoms with Gasteiger partial charge in [-0.2, -0.15) is 0 Å². The number of rotatable bonds is 8. The SMILES string of the molecule is CCOC(=O)[C@H]1[C@@H](C)[C@@H]2C[C@H](OCC)OC=C2C2=C(C)CSC(C(=O)OCC)(C(=O)OCC)[C@@H]21. The number of hydrogen-bond donors (Lipinski definition) is 0. The highest BCUT2D eigenvalue weighted by Gasteiger charge is 2.66. The number of ether oxygens (including phenoxy) is 5. The van der Waals surface area contributed by atoms with Gasteiger partial charge < -0.3 is 23.7 Å². The summed E-state index contributed by atoms with van der Waals surface area (Å²) in [6.45, 7) is 11.9. The van der Waals surface area contributed by atoms with Gasteiger partial charge in [0.2, 0.25) is 4.75 Å². The van der Waals surface area contributed by atoms with E-state index in [1.54, 1.807) is 27.0 Å². The highest BCUT2D eigenvalue weighted by Crippen LogP contribution is 2.59. The molecule has 1 saturated carbocycles. The van der Waals surface area contributed by atoms with Crippen molar-refractivity contribution in [1.29, 1.82) is 0 Å². The van der Waals surface area contributed by atoms with Crippen molar-refractivity contribution in [3.8, 4) is 0 Å². The molecule has 3 aliphatic rings. The van der Waals surface area contributed by atoms with Crippen molar-refractivity contribution in [1.82, 2.24) is 0 Å².